The average molecular weight is 521 g/mol. The molecule has 8 rings (SSSR count). The fraction of sp³-hybridized carbons (Fsp3) is 0.211. The second kappa shape index (κ2) is 8.76. The van der Waals surface area contributed by atoms with E-state index in [1.807, 2.05) is 36.4 Å². The number of hydrogen-bond donors (Lipinski definition) is 2. The van der Waals surface area contributed by atoms with Crippen molar-refractivity contribution in [2.45, 2.75) is 49.7 Å². The van der Waals surface area contributed by atoms with E-state index in [2.05, 4.69) is 72.8 Å². The fourth-order valence-corrected chi connectivity index (χ4v) is 7.58. The van der Waals surface area contributed by atoms with E-state index in [0.29, 0.717) is 0 Å². The van der Waals surface area contributed by atoms with Crippen molar-refractivity contribution < 1.29 is 10.2 Å². The number of aryl methyl sites for hydroxylation is 3. The predicted octanol–water partition coefficient (Wildman–Crippen LogP) is 7.58. The summed E-state index contributed by atoms with van der Waals surface area (Å²) in [4.78, 5) is 0. The van der Waals surface area contributed by atoms with E-state index >= 15 is 0 Å². The summed E-state index contributed by atoms with van der Waals surface area (Å²) in [6.07, 6.45) is 8.19. The Morgan fingerprint density at radius 3 is 1.88 bits per heavy atom. The molecule has 0 saturated carbocycles. The molecular weight excluding hydrogens is 488 g/mol. The van der Waals surface area contributed by atoms with Gasteiger partial charge in [0, 0.05) is 0 Å². The van der Waals surface area contributed by atoms with Gasteiger partial charge < -0.3 is 10.2 Å². The van der Waals surface area contributed by atoms with Gasteiger partial charge in [-0.05, 0) is 111 Å². The van der Waals surface area contributed by atoms with Crippen LogP contribution in [0.4, 0.5) is 0 Å². The molecule has 0 amide bonds. The number of benzene rings is 5. The van der Waals surface area contributed by atoms with E-state index in [-0.39, 0.29) is 0 Å². The molecular formula is C38H32O2. The van der Waals surface area contributed by atoms with Crippen LogP contribution in [0.25, 0.3) is 16.8 Å². The lowest BCUT2D eigenvalue weighted by molar-refractivity contribution is 0.0707. The lowest BCUT2D eigenvalue weighted by Crippen LogP contribution is -2.45. The molecule has 0 heterocycles. The van der Waals surface area contributed by atoms with Crippen molar-refractivity contribution >= 4 is 16.8 Å². The van der Waals surface area contributed by atoms with E-state index < -0.39 is 11.2 Å². The SMILES string of the molecule is OC1(C2=Cc3ccccc3CC2)c2ccccc2C(O)(c2ccc3ccccc3c2)c2cc3c(cc21)CCCC3. The van der Waals surface area contributed by atoms with Crippen LogP contribution in [0.3, 0.4) is 0 Å². The van der Waals surface area contributed by atoms with Crippen LogP contribution < -0.4 is 0 Å². The van der Waals surface area contributed by atoms with E-state index in [1.165, 1.54) is 22.3 Å². The van der Waals surface area contributed by atoms with Gasteiger partial charge in [0.15, 0.2) is 0 Å². The van der Waals surface area contributed by atoms with Crippen molar-refractivity contribution in [2.24, 2.45) is 0 Å². The zero-order chi connectivity index (χ0) is 26.9. The van der Waals surface area contributed by atoms with Gasteiger partial charge in [0.2, 0.25) is 0 Å². The van der Waals surface area contributed by atoms with E-state index in [0.717, 1.165) is 82.7 Å². The molecule has 0 saturated heterocycles. The Balaban J connectivity index is 1.45. The summed E-state index contributed by atoms with van der Waals surface area (Å²) >= 11 is 0. The maximum atomic E-state index is 13.1. The van der Waals surface area contributed by atoms with Crippen LogP contribution >= 0.6 is 0 Å². The summed E-state index contributed by atoms with van der Waals surface area (Å²) in [6, 6.07) is 35.5. The van der Waals surface area contributed by atoms with Crippen LogP contribution in [0.5, 0.6) is 0 Å². The van der Waals surface area contributed by atoms with Gasteiger partial charge in [0.25, 0.3) is 0 Å². The molecule has 3 aliphatic carbocycles. The molecule has 0 spiro atoms. The van der Waals surface area contributed by atoms with Crippen molar-refractivity contribution in [1.29, 1.82) is 0 Å². The first-order valence-corrected chi connectivity index (χ1v) is 14.6. The first kappa shape index (κ1) is 23.9. The third-order valence-electron chi connectivity index (χ3n) is 9.65. The summed E-state index contributed by atoms with van der Waals surface area (Å²) in [7, 11) is 0. The van der Waals surface area contributed by atoms with Crippen molar-refractivity contribution in [1.82, 2.24) is 0 Å². The molecule has 2 unspecified atom stereocenters. The third kappa shape index (κ3) is 3.30. The Bertz CT molecular complexity index is 1850. The number of aliphatic hydroxyl groups is 2. The molecule has 2 nitrogen and oxygen atoms in total. The molecule has 0 aliphatic heterocycles. The topological polar surface area (TPSA) is 40.5 Å². The molecule has 5 aromatic rings. The van der Waals surface area contributed by atoms with Crippen LogP contribution in [0, 0.1) is 0 Å². The van der Waals surface area contributed by atoms with Crippen LogP contribution in [-0.4, -0.2) is 10.2 Å². The Kier molecular flexibility index (Phi) is 5.23. The van der Waals surface area contributed by atoms with Gasteiger partial charge in [-0.3, -0.25) is 0 Å². The fourth-order valence-electron chi connectivity index (χ4n) is 7.58. The Morgan fingerprint density at radius 1 is 0.475 bits per heavy atom. The molecule has 0 bridgehead atoms. The van der Waals surface area contributed by atoms with Crippen molar-refractivity contribution in [3.63, 3.8) is 0 Å². The predicted molar refractivity (Wildman–Crippen MR) is 161 cm³/mol. The Morgan fingerprint density at radius 2 is 1.10 bits per heavy atom. The highest BCUT2D eigenvalue weighted by atomic mass is 16.3. The lowest BCUT2D eigenvalue weighted by atomic mass is 9.61. The zero-order valence-electron chi connectivity index (χ0n) is 22.5. The van der Waals surface area contributed by atoms with Gasteiger partial charge in [-0.2, -0.15) is 0 Å². The summed E-state index contributed by atoms with van der Waals surface area (Å²) in [5.41, 5.74) is 7.39. The minimum absolute atomic E-state index is 0.760. The van der Waals surface area contributed by atoms with E-state index in [4.69, 9.17) is 0 Å². The van der Waals surface area contributed by atoms with Crippen LogP contribution in [0.1, 0.15) is 69.3 Å². The average Bonchev–Trinajstić information content (AvgIpc) is 3.02. The van der Waals surface area contributed by atoms with Crippen LogP contribution in [-0.2, 0) is 30.5 Å². The zero-order valence-corrected chi connectivity index (χ0v) is 22.5. The highest BCUT2D eigenvalue weighted by Crippen LogP contribution is 2.55. The van der Waals surface area contributed by atoms with Crippen LogP contribution in [0.2, 0.25) is 0 Å². The first-order chi connectivity index (χ1) is 19.6. The second-order valence-electron chi connectivity index (χ2n) is 11.8. The summed E-state index contributed by atoms with van der Waals surface area (Å²) in [5, 5.41) is 28.4. The van der Waals surface area contributed by atoms with Gasteiger partial charge in [-0.15, -0.1) is 0 Å². The summed E-state index contributed by atoms with van der Waals surface area (Å²) in [6.45, 7) is 0. The Labute approximate surface area is 235 Å². The second-order valence-corrected chi connectivity index (χ2v) is 11.8. The normalized spacial score (nSPS) is 23.0. The molecule has 5 aromatic carbocycles. The van der Waals surface area contributed by atoms with Gasteiger partial charge in [-0.1, -0.05) is 103 Å². The molecule has 0 aromatic heterocycles. The lowest BCUT2D eigenvalue weighted by Gasteiger charge is -2.47. The largest absolute Gasteiger partial charge is 0.376 e. The maximum absolute atomic E-state index is 13.1. The van der Waals surface area contributed by atoms with E-state index in [9.17, 15) is 10.2 Å². The number of fused-ring (bicyclic) bond motifs is 5. The molecule has 40 heavy (non-hydrogen) atoms. The first-order valence-electron chi connectivity index (χ1n) is 14.6. The van der Waals surface area contributed by atoms with Crippen molar-refractivity contribution in [3.8, 4) is 0 Å². The minimum atomic E-state index is -1.39. The standard InChI is InChI=1S/C38H32O2/c39-37(31-19-17-25-9-1-3-11-27(25)21-31)33-15-7-8-16-34(33)38(40,32-20-18-26-10-2-4-12-28(26)22-32)36-24-30-14-6-5-13-29(30)23-35(36)37/h1-4,7-12,15-17,19,21-24,39-40H,5-6,13-14,18,20H2. The molecule has 0 radical (unpaired) electrons. The summed E-state index contributed by atoms with van der Waals surface area (Å²) in [5.74, 6) is 0. The molecule has 2 atom stereocenters. The maximum Gasteiger partial charge on any atom is 0.141 e. The molecule has 2 heteroatoms. The quantitative estimate of drug-likeness (QED) is 0.252. The monoisotopic (exact) mass is 520 g/mol. The number of hydrogen-bond acceptors (Lipinski definition) is 2. The minimum Gasteiger partial charge on any atom is -0.376 e. The third-order valence-corrected chi connectivity index (χ3v) is 9.65. The highest BCUT2D eigenvalue weighted by molar-refractivity contribution is 5.84. The van der Waals surface area contributed by atoms with Crippen molar-refractivity contribution in [2.75, 3.05) is 0 Å². The highest BCUT2D eigenvalue weighted by Gasteiger charge is 2.52. The molecule has 2 N–H and O–H groups in total. The Hall–Kier alpha value is -3.98. The van der Waals surface area contributed by atoms with Crippen molar-refractivity contribution in [3.05, 3.63) is 159 Å². The van der Waals surface area contributed by atoms with Gasteiger partial charge in [-0.25, -0.2) is 0 Å². The molecule has 3 aliphatic rings. The summed E-state index contributed by atoms with van der Waals surface area (Å²) < 4.78 is 0. The van der Waals surface area contributed by atoms with E-state index in [1.54, 1.807) is 0 Å². The molecule has 196 valence electrons. The molecule has 0 fully saturated rings. The van der Waals surface area contributed by atoms with Gasteiger partial charge >= 0.3 is 0 Å². The number of rotatable bonds is 2. The van der Waals surface area contributed by atoms with Gasteiger partial charge in [0.1, 0.15) is 11.2 Å². The smallest absolute Gasteiger partial charge is 0.141 e. The van der Waals surface area contributed by atoms with Crippen LogP contribution in [0.15, 0.2) is 109 Å². The van der Waals surface area contributed by atoms with Gasteiger partial charge in [0.05, 0.1) is 0 Å².